The van der Waals surface area contributed by atoms with Crippen LogP contribution in [0.25, 0.3) is 10.8 Å². The maximum atomic E-state index is 15.5. The summed E-state index contributed by atoms with van der Waals surface area (Å²) in [6.45, 7) is -1.30. The van der Waals surface area contributed by atoms with Gasteiger partial charge in [-0.15, -0.1) is 0 Å². The smallest absolute Gasteiger partial charge is 0.330 e. The van der Waals surface area contributed by atoms with E-state index in [0.717, 1.165) is 11.5 Å². The van der Waals surface area contributed by atoms with Crippen LogP contribution in [0.5, 0.6) is 5.75 Å². The van der Waals surface area contributed by atoms with Gasteiger partial charge in [-0.1, -0.05) is 30.3 Å². The Morgan fingerprint density at radius 1 is 1.16 bits per heavy atom. The lowest BCUT2D eigenvalue weighted by Crippen LogP contribution is -2.57. The van der Waals surface area contributed by atoms with Crippen LogP contribution in [0.3, 0.4) is 0 Å². The predicted octanol–water partition coefficient (Wildman–Crippen LogP) is 3.47. The highest BCUT2D eigenvalue weighted by molar-refractivity contribution is 8.09. The van der Waals surface area contributed by atoms with Gasteiger partial charge in [0.25, 0.3) is 12.0 Å². The number of halogens is 4. The summed E-state index contributed by atoms with van der Waals surface area (Å²) in [5.41, 5.74) is -6.03. The molecule has 2 aromatic carbocycles. The van der Waals surface area contributed by atoms with Crippen LogP contribution in [0.4, 0.5) is 17.6 Å². The topological polar surface area (TPSA) is 141 Å². The number of aliphatic hydroxyl groups is 1. The van der Waals surface area contributed by atoms with E-state index < -0.39 is 72.9 Å². The maximum absolute atomic E-state index is 15.5. The zero-order chi connectivity index (χ0) is 31.7. The molecule has 1 aliphatic heterocycles. The minimum absolute atomic E-state index is 0.0712. The van der Waals surface area contributed by atoms with Gasteiger partial charge in [-0.3, -0.25) is 19.1 Å². The largest absolute Gasteiger partial charge is 0.462 e. The van der Waals surface area contributed by atoms with Crippen LogP contribution < -0.4 is 20.9 Å². The van der Waals surface area contributed by atoms with Gasteiger partial charge in [0, 0.05) is 12.3 Å². The lowest BCUT2D eigenvalue weighted by atomic mass is 9.95. The summed E-state index contributed by atoms with van der Waals surface area (Å²) in [7, 11) is 0. The average Bonchev–Trinajstić information content (AvgIpc) is 3.12. The second-order valence-electron chi connectivity index (χ2n) is 9.99. The number of ether oxygens (including phenoxy) is 2. The first-order valence-corrected chi connectivity index (χ1v) is 15.5. The molecule has 3 N–H and O–H groups in total. The molecule has 1 fully saturated rings. The Bertz CT molecular complexity index is 1650. The summed E-state index contributed by atoms with van der Waals surface area (Å²) in [4.78, 5) is 37.9. The predicted molar refractivity (Wildman–Crippen MR) is 150 cm³/mol. The first-order valence-electron chi connectivity index (χ1n) is 12.8. The van der Waals surface area contributed by atoms with Crippen molar-refractivity contribution in [2.24, 2.45) is 0 Å². The Morgan fingerprint density at radius 3 is 2.47 bits per heavy atom. The van der Waals surface area contributed by atoms with E-state index >= 15 is 8.78 Å². The number of carbonyl (C=O) groups excluding carboxylic acids is 1. The summed E-state index contributed by atoms with van der Waals surface area (Å²) in [5, 5.41) is 14.5. The van der Waals surface area contributed by atoms with Crippen molar-refractivity contribution < 1.29 is 46.0 Å². The van der Waals surface area contributed by atoms with Crippen molar-refractivity contribution in [2.75, 3.05) is 6.61 Å². The molecule has 2 heterocycles. The summed E-state index contributed by atoms with van der Waals surface area (Å²) in [6, 6.07) is 11.3. The lowest BCUT2D eigenvalue weighted by molar-refractivity contribution is -0.241. The van der Waals surface area contributed by atoms with Gasteiger partial charge in [0.1, 0.15) is 11.8 Å². The number of rotatable bonds is 11. The second-order valence-corrected chi connectivity index (χ2v) is 13.1. The second kappa shape index (κ2) is 12.5. The molecule has 1 saturated heterocycles. The van der Waals surface area contributed by atoms with Crippen LogP contribution >= 0.6 is 6.64 Å². The molecule has 0 bridgehead atoms. The van der Waals surface area contributed by atoms with Crippen molar-refractivity contribution in [3.63, 3.8) is 0 Å². The van der Waals surface area contributed by atoms with E-state index in [-0.39, 0.29) is 5.75 Å². The van der Waals surface area contributed by atoms with Gasteiger partial charge in [-0.2, -0.15) is 8.78 Å². The number of hydrogen-bond donors (Lipinski definition) is 3. The first-order chi connectivity index (χ1) is 20.1. The average molecular weight is 650 g/mol. The molecule has 17 heteroatoms. The summed E-state index contributed by atoms with van der Waals surface area (Å²) >= 11 is 5.49. The van der Waals surface area contributed by atoms with E-state index in [9.17, 15) is 28.3 Å². The molecule has 1 aromatic heterocycles. The molecule has 1 aliphatic rings. The minimum atomic E-state index is -4.72. The quantitative estimate of drug-likeness (QED) is 0.161. The van der Waals surface area contributed by atoms with Gasteiger partial charge in [0.05, 0.1) is 12.7 Å². The molecular formula is C26H28F4N3O8PS. The fraction of sp³-hybridized carbons (Fsp3) is 0.423. The number of aromatic amines is 1. The zero-order valence-corrected chi connectivity index (χ0v) is 24.6. The van der Waals surface area contributed by atoms with E-state index in [1.165, 1.54) is 13.0 Å². The highest BCUT2D eigenvalue weighted by Crippen LogP contribution is 2.54. The number of esters is 1. The summed E-state index contributed by atoms with van der Waals surface area (Å²) in [6.07, 6.45) is -9.12. The highest BCUT2D eigenvalue weighted by atomic mass is 32.5. The molecule has 0 spiro atoms. The number of carbonyl (C=O) groups is 1. The van der Waals surface area contributed by atoms with Crippen LogP contribution in [-0.2, 0) is 30.6 Å². The van der Waals surface area contributed by atoms with Crippen molar-refractivity contribution in [3.05, 3.63) is 75.6 Å². The Balaban J connectivity index is 1.69. The van der Waals surface area contributed by atoms with Crippen LogP contribution in [-0.4, -0.2) is 63.4 Å². The Hall–Kier alpha value is -3.14. The van der Waals surface area contributed by atoms with E-state index in [2.05, 4.69) is 5.09 Å². The molecule has 1 unspecified atom stereocenters. The Kier molecular flexibility index (Phi) is 9.50. The molecule has 4 rings (SSSR count). The number of aliphatic hydroxyl groups excluding tert-OH is 1. The van der Waals surface area contributed by atoms with Crippen molar-refractivity contribution in [2.45, 2.75) is 63.2 Å². The SMILES string of the molecule is CC(C)OC(=O)[C@H](C)NP(=S)(OC[C@@]1(C(F)F)O[C@@H](n2ccc(=O)[nH]c2=O)[C@H](O)C1(F)F)Oc1ccc2ccccc2c1. The van der Waals surface area contributed by atoms with E-state index in [1.54, 1.807) is 49.2 Å². The zero-order valence-electron chi connectivity index (χ0n) is 22.9. The number of hydrogen-bond acceptors (Lipinski definition) is 9. The van der Waals surface area contributed by atoms with Gasteiger partial charge >= 0.3 is 24.2 Å². The highest BCUT2D eigenvalue weighted by Gasteiger charge is 2.74. The minimum Gasteiger partial charge on any atom is -0.462 e. The molecule has 234 valence electrons. The van der Waals surface area contributed by atoms with Crippen molar-refractivity contribution >= 4 is 35.2 Å². The Labute approximate surface area is 246 Å². The lowest BCUT2D eigenvalue weighted by Gasteiger charge is -2.35. The molecule has 0 radical (unpaired) electrons. The standard InChI is InChI=1S/C26H28F4N3O8PS/c1-14(2)39-22(36)15(3)32-42(43,41-18-9-8-16-6-4-5-7-17(16)12-18)38-13-25(23(27)28)26(29,30)20(35)21(40-25)33-11-10-19(34)31-24(33)37/h4-12,14-15,20-21,23,35H,13H2,1-3H3,(H,32,43)(H,31,34,37)/t15-,20-,21+,25-,42?/m0/s1. The number of fused-ring (bicyclic) bond motifs is 1. The molecule has 5 atom stereocenters. The number of benzene rings is 2. The van der Waals surface area contributed by atoms with Crippen molar-refractivity contribution in [3.8, 4) is 5.75 Å². The van der Waals surface area contributed by atoms with Crippen LogP contribution in [0.1, 0.15) is 27.0 Å². The monoisotopic (exact) mass is 649 g/mol. The molecule has 0 saturated carbocycles. The van der Waals surface area contributed by atoms with Gasteiger partial charge in [-0.05, 0) is 55.5 Å². The third kappa shape index (κ3) is 6.69. The van der Waals surface area contributed by atoms with E-state index in [1.807, 2.05) is 6.07 Å². The van der Waals surface area contributed by atoms with Crippen LogP contribution in [0, 0.1) is 0 Å². The first kappa shape index (κ1) is 32.8. The number of alkyl halides is 4. The maximum Gasteiger partial charge on any atom is 0.330 e. The normalized spacial score (nSPS) is 23.8. The fourth-order valence-electron chi connectivity index (χ4n) is 4.27. The summed E-state index contributed by atoms with van der Waals surface area (Å²) in [5.74, 6) is -5.46. The molecule has 11 nitrogen and oxygen atoms in total. The third-order valence-corrected chi connectivity index (χ3v) is 8.95. The number of aromatic nitrogens is 2. The van der Waals surface area contributed by atoms with Crippen LogP contribution in [0.15, 0.2) is 64.3 Å². The van der Waals surface area contributed by atoms with E-state index in [4.69, 9.17) is 30.3 Å². The molecule has 0 aliphatic carbocycles. The number of nitrogens with zero attached hydrogens (tertiary/aromatic N) is 1. The van der Waals surface area contributed by atoms with E-state index in [0.29, 0.717) is 16.2 Å². The van der Waals surface area contributed by atoms with Gasteiger partial charge in [0.15, 0.2) is 12.3 Å². The molecule has 0 amide bonds. The Morgan fingerprint density at radius 2 is 1.84 bits per heavy atom. The van der Waals surface area contributed by atoms with Gasteiger partial charge in [-0.25, -0.2) is 18.7 Å². The number of H-pyrrole nitrogens is 1. The van der Waals surface area contributed by atoms with Crippen LogP contribution in [0.2, 0.25) is 0 Å². The van der Waals surface area contributed by atoms with Crippen molar-refractivity contribution in [1.82, 2.24) is 14.6 Å². The number of nitrogens with one attached hydrogen (secondary N) is 2. The fourth-order valence-corrected chi connectivity index (χ4v) is 6.68. The molecular weight excluding hydrogens is 621 g/mol. The third-order valence-electron chi connectivity index (χ3n) is 6.47. The summed E-state index contributed by atoms with van der Waals surface area (Å²) < 4.78 is 81.8. The molecule has 3 aromatic rings. The van der Waals surface area contributed by atoms with Gasteiger partial charge < -0.3 is 23.6 Å². The molecule has 43 heavy (non-hydrogen) atoms. The van der Waals surface area contributed by atoms with Gasteiger partial charge in [0.2, 0.25) is 5.60 Å². The van der Waals surface area contributed by atoms with Crippen molar-refractivity contribution in [1.29, 1.82) is 0 Å².